The van der Waals surface area contributed by atoms with Crippen LogP contribution >= 0.6 is 0 Å². The van der Waals surface area contributed by atoms with Gasteiger partial charge in [0.05, 0.1) is 37.9 Å². The second-order valence-corrected chi connectivity index (χ2v) is 10.7. The molecule has 0 spiro atoms. The van der Waals surface area contributed by atoms with Crippen molar-refractivity contribution in [2.45, 2.75) is 46.3 Å². The number of aromatic nitrogens is 2. The fourth-order valence-electron chi connectivity index (χ4n) is 4.47. The minimum atomic E-state index is -0.797. The summed E-state index contributed by atoms with van der Waals surface area (Å²) >= 11 is 0. The molecule has 1 fully saturated rings. The number of halogens is 2. The molecule has 1 aromatic heterocycles. The number of piperazine rings is 1. The van der Waals surface area contributed by atoms with E-state index in [4.69, 9.17) is 18.9 Å². The van der Waals surface area contributed by atoms with Crippen LogP contribution < -0.4 is 24.4 Å². The topological polar surface area (TPSA) is 98.3 Å². The number of methoxy groups -OCH3 is 2. The lowest BCUT2D eigenvalue weighted by molar-refractivity contribution is 0.0240. The number of nitrogens with zero attached hydrogens (tertiary/aromatic N) is 4. The fraction of sp³-hybridized carbons (Fsp3) is 0.433. The van der Waals surface area contributed by atoms with Crippen molar-refractivity contribution in [1.82, 2.24) is 14.9 Å². The smallest absolute Gasteiger partial charge is 0.410 e. The minimum Gasteiger partial charge on any atom is -0.495 e. The Hall–Kier alpha value is -4.35. The van der Waals surface area contributed by atoms with Crippen LogP contribution in [0.2, 0.25) is 0 Å². The molecule has 0 bridgehead atoms. The van der Waals surface area contributed by atoms with Crippen molar-refractivity contribution in [2.24, 2.45) is 0 Å². The lowest BCUT2D eigenvalue weighted by Crippen LogP contribution is -2.50. The van der Waals surface area contributed by atoms with Crippen LogP contribution in [0.3, 0.4) is 0 Å². The highest BCUT2D eigenvalue weighted by Gasteiger charge is 2.27. The minimum absolute atomic E-state index is 0.0350. The maximum atomic E-state index is 14.7. The van der Waals surface area contributed by atoms with E-state index in [-0.39, 0.29) is 29.8 Å². The van der Waals surface area contributed by atoms with Crippen molar-refractivity contribution in [3.05, 3.63) is 59.4 Å². The van der Waals surface area contributed by atoms with Gasteiger partial charge in [-0.05, 0) is 51.0 Å². The molecule has 226 valence electrons. The number of ether oxygens (including phenoxy) is 4. The molecular weight excluding hydrogens is 548 g/mol. The van der Waals surface area contributed by atoms with Gasteiger partial charge in [-0.1, -0.05) is 6.92 Å². The number of carbonyl (C=O) groups excluding carboxylic acids is 1. The number of nitrogens with one attached hydrogen (secondary N) is 1. The Morgan fingerprint density at radius 2 is 1.64 bits per heavy atom. The Morgan fingerprint density at radius 1 is 0.976 bits per heavy atom. The van der Waals surface area contributed by atoms with Gasteiger partial charge in [-0.2, -0.15) is 0 Å². The van der Waals surface area contributed by atoms with Gasteiger partial charge in [-0.3, -0.25) is 0 Å². The fourth-order valence-corrected chi connectivity index (χ4v) is 4.47. The van der Waals surface area contributed by atoms with Crippen molar-refractivity contribution < 1.29 is 32.5 Å². The Morgan fingerprint density at radius 3 is 2.24 bits per heavy atom. The number of anilines is 3. The second kappa shape index (κ2) is 13.1. The van der Waals surface area contributed by atoms with Crippen LogP contribution in [0.5, 0.6) is 17.2 Å². The van der Waals surface area contributed by atoms with Crippen molar-refractivity contribution in [3.63, 3.8) is 0 Å². The average Bonchev–Trinajstić information content (AvgIpc) is 2.97. The summed E-state index contributed by atoms with van der Waals surface area (Å²) in [6, 6.07) is 7.00. The van der Waals surface area contributed by atoms with E-state index in [2.05, 4.69) is 20.2 Å². The molecule has 1 saturated heterocycles. The van der Waals surface area contributed by atoms with Crippen LogP contribution in [0.1, 0.15) is 38.8 Å². The van der Waals surface area contributed by atoms with Gasteiger partial charge < -0.3 is 34.1 Å². The maximum Gasteiger partial charge on any atom is 0.410 e. The molecule has 2 heterocycles. The van der Waals surface area contributed by atoms with Crippen LogP contribution in [0.25, 0.3) is 0 Å². The first-order chi connectivity index (χ1) is 20.0. The molecule has 10 nitrogen and oxygen atoms in total. The number of aryl methyl sites for hydroxylation is 1. The zero-order chi connectivity index (χ0) is 30.4. The third-order valence-corrected chi connectivity index (χ3v) is 6.65. The summed E-state index contributed by atoms with van der Waals surface area (Å²) in [7, 11) is 2.93. The van der Waals surface area contributed by atoms with Crippen molar-refractivity contribution >= 4 is 23.4 Å². The highest BCUT2D eigenvalue weighted by Crippen LogP contribution is 2.33. The molecule has 3 aromatic rings. The molecular formula is C30H37F2N5O5. The van der Waals surface area contributed by atoms with Gasteiger partial charge in [0.15, 0.2) is 17.3 Å². The van der Waals surface area contributed by atoms with Gasteiger partial charge in [-0.25, -0.2) is 23.5 Å². The van der Waals surface area contributed by atoms with Gasteiger partial charge in [0.1, 0.15) is 23.8 Å². The van der Waals surface area contributed by atoms with Crippen LogP contribution in [0.4, 0.5) is 30.9 Å². The second-order valence-electron chi connectivity index (χ2n) is 10.7. The predicted octanol–water partition coefficient (Wildman–Crippen LogP) is 5.71. The third kappa shape index (κ3) is 7.29. The molecule has 1 aliphatic heterocycles. The standard InChI is InChI=1S/C30H37F2N5O5/c1-7-19-14-25(40-6)27(32)22(26(19)31)18-41-21-16-33-28(34-17-21)35-20-8-9-23(24(15-20)39-5)36-10-12-37(13-11-36)29(38)42-30(2,3)4/h8-9,14-17H,7,10-13,18H2,1-6H3,(H,33,34,35). The number of benzene rings is 2. The molecule has 42 heavy (non-hydrogen) atoms. The summed E-state index contributed by atoms with van der Waals surface area (Å²) in [5.74, 6) is -0.286. The number of rotatable bonds is 9. The molecule has 0 aliphatic carbocycles. The first kappa shape index (κ1) is 30.6. The molecule has 0 saturated carbocycles. The normalized spacial score (nSPS) is 13.5. The molecule has 1 aliphatic rings. The summed E-state index contributed by atoms with van der Waals surface area (Å²) in [5.41, 5.74) is 1.19. The number of amides is 1. The monoisotopic (exact) mass is 585 g/mol. The zero-order valence-corrected chi connectivity index (χ0v) is 24.8. The Bertz CT molecular complexity index is 1360. The molecule has 12 heteroatoms. The van der Waals surface area contributed by atoms with E-state index >= 15 is 0 Å². The highest BCUT2D eigenvalue weighted by atomic mass is 19.1. The van der Waals surface area contributed by atoms with Gasteiger partial charge in [0.2, 0.25) is 5.95 Å². The number of hydrogen-bond acceptors (Lipinski definition) is 9. The summed E-state index contributed by atoms with van der Waals surface area (Å²) in [5, 5.41) is 3.12. The van der Waals surface area contributed by atoms with Gasteiger partial charge in [0.25, 0.3) is 0 Å². The predicted molar refractivity (Wildman–Crippen MR) is 155 cm³/mol. The quantitative estimate of drug-likeness (QED) is 0.338. The molecule has 1 N–H and O–H groups in total. The average molecular weight is 586 g/mol. The van der Waals surface area contributed by atoms with E-state index < -0.39 is 17.2 Å². The van der Waals surface area contributed by atoms with E-state index in [0.717, 1.165) is 5.69 Å². The summed E-state index contributed by atoms with van der Waals surface area (Å²) in [6.45, 7) is 9.34. The van der Waals surface area contributed by atoms with E-state index in [1.165, 1.54) is 25.6 Å². The summed E-state index contributed by atoms with van der Waals surface area (Å²) < 4.78 is 51.1. The summed E-state index contributed by atoms with van der Waals surface area (Å²) in [4.78, 5) is 24.8. The summed E-state index contributed by atoms with van der Waals surface area (Å²) in [6.07, 6.45) is 2.91. The van der Waals surface area contributed by atoms with Gasteiger partial charge in [-0.15, -0.1) is 0 Å². The molecule has 2 aromatic carbocycles. The first-order valence-electron chi connectivity index (χ1n) is 13.7. The van der Waals surface area contributed by atoms with E-state index in [1.807, 2.05) is 39.0 Å². The third-order valence-electron chi connectivity index (χ3n) is 6.65. The number of hydrogen-bond donors (Lipinski definition) is 1. The molecule has 0 unspecified atom stereocenters. The van der Waals surface area contributed by atoms with E-state index in [1.54, 1.807) is 18.9 Å². The van der Waals surface area contributed by atoms with Crippen LogP contribution in [-0.4, -0.2) is 67.0 Å². The van der Waals surface area contributed by atoms with Gasteiger partial charge >= 0.3 is 6.09 Å². The highest BCUT2D eigenvalue weighted by molar-refractivity contribution is 5.70. The maximum absolute atomic E-state index is 14.7. The zero-order valence-electron chi connectivity index (χ0n) is 24.8. The largest absolute Gasteiger partial charge is 0.495 e. The molecule has 1 amide bonds. The SMILES string of the molecule is CCc1cc(OC)c(F)c(COc2cnc(Nc3ccc(N4CCN(C(=O)OC(C)(C)C)CC4)c(OC)c3)nc2)c1F. The van der Waals surface area contributed by atoms with Crippen LogP contribution in [0, 0.1) is 11.6 Å². The number of carbonyl (C=O) groups is 1. The molecule has 4 rings (SSSR count). The van der Waals surface area contributed by atoms with Gasteiger partial charge in [0, 0.05) is 37.9 Å². The Kier molecular flexibility index (Phi) is 9.54. The lowest BCUT2D eigenvalue weighted by atomic mass is 10.1. The molecule has 0 atom stereocenters. The van der Waals surface area contributed by atoms with Crippen molar-refractivity contribution in [1.29, 1.82) is 0 Å². The Balaban J connectivity index is 1.37. The lowest BCUT2D eigenvalue weighted by Gasteiger charge is -2.37. The Labute approximate surface area is 244 Å². The van der Waals surface area contributed by atoms with E-state index in [9.17, 15) is 13.6 Å². The molecule has 0 radical (unpaired) electrons. The van der Waals surface area contributed by atoms with Crippen molar-refractivity contribution in [3.8, 4) is 17.2 Å². The van der Waals surface area contributed by atoms with E-state index in [0.29, 0.717) is 55.5 Å². The van der Waals surface area contributed by atoms with Crippen molar-refractivity contribution in [2.75, 3.05) is 50.6 Å². The first-order valence-corrected chi connectivity index (χ1v) is 13.7. The van der Waals surface area contributed by atoms with Crippen LogP contribution in [-0.2, 0) is 17.8 Å². The van der Waals surface area contributed by atoms with Crippen LogP contribution in [0.15, 0.2) is 36.7 Å².